The number of rotatable bonds is 5. The number of nitrogens with zero attached hydrogens (tertiary/aromatic N) is 2. The first-order valence-electron chi connectivity index (χ1n) is 6.72. The fraction of sp³-hybridized carbons (Fsp3) is 0.500. The first-order chi connectivity index (χ1) is 9.96. The average molecular weight is 295 g/mol. The molecule has 1 aliphatic rings. The monoisotopic (exact) mass is 295 g/mol. The number of nitrogens with one attached hydrogen (secondary N) is 1. The van der Waals surface area contributed by atoms with Crippen LogP contribution in [0.2, 0.25) is 0 Å². The third kappa shape index (κ3) is 3.91. The van der Waals surface area contributed by atoms with Gasteiger partial charge in [-0.1, -0.05) is 19.6 Å². The Labute approximate surface area is 124 Å². The number of carbonyl (C=O) groups is 3. The average Bonchev–Trinajstić information content (AvgIpc) is 2.47. The number of hydroxylamine groups is 2. The lowest BCUT2D eigenvalue weighted by Crippen LogP contribution is -2.56. The van der Waals surface area contributed by atoms with E-state index in [2.05, 4.69) is 11.9 Å². The summed E-state index contributed by atoms with van der Waals surface area (Å²) in [5, 5.41) is 3.30. The van der Waals surface area contributed by atoms with Gasteiger partial charge in [0.2, 0.25) is 11.8 Å². The normalized spacial score (nSPS) is 19.0. The molecule has 1 aliphatic heterocycles. The number of imide groups is 1. The van der Waals surface area contributed by atoms with Gasteiger partial charge in [-0.05, 0) is 18.9 Å². The highest BCUT2D eigenvalue weighted by Gasteiger charge is 2.37. The van der Waals surface area contributed by atoms with Crippen LogP contribution < -0.4 is 5.32 Å². The summed E-state index contributed by atoms with van der Waals surface area (Å²) < 4.78 is 0. The molecule has 1 atom stereocenters. The van der Waals surface area contributed by atoms with E-state index in [0.29, 0.717) is 12.1 Å². The molecule has 7 nitrogen and oxygen atoms in total. The molecule has 116 valence electrons. The molecule has 21 heavy (non-hydrogen) atoms. The molecule has 1 N–H and O–H groups in total. The second-order valence-electron chi connectivity index (χ2n) is 4.55. The van der Waals surface area contributed by atoms with E-state index in [0.717, 1.165) is 5.06 Å². The van der Waals surface area contributed by atoms with Crippen molar-refractivity contribution in [3.63, 3.8) is 0 Å². The lowest BCUT2D eigenvalue weighted by Gasteiger charge is -2.35. The van der Waals surface area contributed by atoms with Crippen LogP contribution in [-0.4, -0.2) is 48.0 Å². The van der Waals surface area contributed by atoms with Gasteiger partial charge in [0.15, 0.2) is 0 Å². The maximum atomic E-state index is 12.5. The lowest BCUT2D eigenvalue weighted by molar-refractivity contribution is -0.137. The zero-order chi connectivity index (χ0) is 16.0. The predicted molar refractivity (Wildman–Crippen MR) is 76.7 cm³/mol. The highest BCUT2D eigenvalue weighted by atomic mass is 16.7. The van der Waals surface area contributed by atoms with E-state index in [9.17, 15) is 14.4 Å². The van der Waals surface area contributed by atoms with Crippen molar-refractivity contribution in [2.75, 3.05) is 14.2 Å². The lowest BCUT2D eigenvalue weighted by atomic mass is 10.0. The maximum Gasteiger partial charge on any atom is 0.348 e. The van der Waals surface area contributed by atoms with Gasteiger partial charge in [-0.15, -0.1) is 0 Å². The highest BCUT2D eigenvalue weighted by Crippen LogP contribution is 2.21. The largest absolute Gasteiger partial charge is 0.348 e. The second-order valence-corrected chi connectivity index (χ2v) is 4.55. The Bertz CT molecular complexity index is 473. The third-order valence-corrected chi connectivity index (χ3v) is 3.25. The molecule has 7 heteroatoms. The van der Waals surface area contributed by atoms with Gasteiger partial charge in [0, 0.05) is 19.2 Å². The Balaban J connectivity index is 3.15. The van der Waals surface area contributed by atoms with E-state index in [4.69, 9.17) is 4.84 Å². The van der Waals surface area contributed by atoms with E-state index in [1.165, 1.54) is 19.1 Å². The summed E-state index contributed by atoms with van der Waals surface area (Å²) in [6.45, 7) is 5.49. The summed E-state index contributed by atoms with van der Waals surface area (Å²) in [5.41, 5.74) is 0.633. The van der Waals surface area contributed by atoms with Crippen LogP contribution in [0.25, 0.3) is 0 Å². The van der Waals surface area contributed by atoms with Crippen LogP contribution in [0.15, 0.2) is 24.4 Å². The Morgan fingerprint density at radius 3 is 2.67 bits per heavy atom. The maximum absolute atomic E-state index is 12.5. The van der Waals surface area contributed by atoms with Gasteiger partial charge in [0.25, 0.3) is 0 Å². The number of piperidine rings is 1. The minimum Gasteiger partial charge on any atom is -0.295 e. The summed E-state index contributed by atoms with van der Waals surface area (Å²) in [6, 6.07) is -1.21. The minimum atomic E-state index is -0.737. The number of amides is 4. The van der Waals surface area contributed by atoms with Crippen LogP contribution in [0.4, 0.5) is 4.79 Å². The van der Waals surface area contributed by atoms with E-state index in [1.54, 1.807) is 12.2 Å². The molecular weight excluding hydrogens is 274 g/mol. The van der Waals surface area contributed by atoms with Gasteiger partial charge in [-0.25, -0.2) is 9.86 Å². The van der Waals surface area contributed by atoms with Crippen molar-refractivity contribution in [2.24, 2.45) is 0 Å². The minimum absolute atomic E-state index is 0.196. The van der Waals surface area contributed by atoms with E-state index < -0.39 is 18.0 Å². The predicted octanol–water partition coefficient (Wildman–Crippen LogP) is 1.19. The fourth-order valence-electron chi connectivity index (χ4n) is 2.12. The topological polar surface area (TPSA) is 79.0 Å². The molecule has 1 unspecified atom stereocenters. The molecule has 0 aromatic rings. The third-order valence-electron chi connectivity index (χ3n) is 3.25. The van der Waals surface area contributed by atoms with Gasteiger partial charge in [-0.2, -0.15) is 0 Å². The van der Waals surface area contributed by atoms with Crippen molar-refractivity contribution in [1.82, 2.24) is 15.3 Å². The molecular formula is C14H21N3O4. The van der Waals surface area contributed by atoms with Crippen molar-refractivity contribution < 1.29 is 19.2 Å². The number of allylic oxidation sites excluding steroid dienone is 3. The van der Waals surface area contributed by atoms with E-state index in [1.807, 2.05) is 6.92 Å². The summed E-state index contributed by atoms with van der Waals surface area (Å²) in [4.78, 5) is 42.0. The molecule has 0 bridgehead atoms. The summed E-state index contributed by atoms with van der Waals surface area (Å²) in [7, 11) is 2.83. The molecule has 1 saturated heterocycles. The zero-order valence-corrected chi connectivity index (χ0v) is 12.6. The van der Waals surface area contributed by atoms with Gasteiger partial charge in [0.05, 0.1) is 7.11 Å². The van der Waals surface area contributed by atoms with Crippen molar-refractivity contribution in [1.29, 1.82) is 0 Å². The standard InChI is InChI=1S/C14H21N3O4/c1-5-7-10(6-2)17(14(20)16(3)21-4)11-8-9-12(18)15-13(11)19/h5,7,11H,1,6,8-9H2,2-4H3,(H,15,18,19)/b10-7+. The zero-order valence-electron chi connectivity index (χ0n) is 12.6. The Kier molecular flexibility index (Phi) is 6.10. The van der Waals surface area contributed by atoms with Crippen LogP contribution in [0.5, 0.6) is 0 Å². The molecule has 1 fully saturated rings. The van der Waals surface area contributed by atoms with Crippen molar-refractivity contribution in [3.05, 3.63) is 24.4 Å². The molecule has 1 rings (SSSR count). The smallest absolute Gasteiger partial charge is 0.295 e. The number of hydrogen-bond donors (Lipinski definition) is 1. The molecule has 1 heterocycles. The fourth-order valence-corrected chi connectivity index (χ4v) is 2.12. The van der Waals surface area contributed by atoms with Crippen molar-refractivity contribution in [2.45, 2.75) is 32.2 Å². The Morgan fingerprint density at radius 2 is 2.19 bits per heavy atom. The molecule has 0 spiro atoms. The van der Waals surface area contributed by atoms with E-state index in [-0.39, 0.29) is 18.7 Å². The molecule has 0 aromatic carbocycles. The van der Waals surface area contributed by atoms with Crippen LogP contribution in [0.1, 0.15) is 26.2 Å². The molecule has 0 aromatic heterocycles. The number of carbonyl (C=O) groups excluding carboxylic acids is 3. The first-order valence-corrected chi connectivity index (χ1v) is 6.72. The SMILES string of the molecule is C=C/C=C(\CC)N(C(=O)N(C)OC)C1CCC(=O)NC1=O. The quantitative estimate of drug-likeness (QED) is 0.469. The van der Waals surface area contributed by atoms with Crippen LogP contribution in [-0.2, 0) is 14.4 Å². The van der Waals surface area contributed by atoms with Gasteiger partial charge >= 0.3 is 6.03 Å². The molecule has 0 saturated carbocycles. The summed E-state index contributed by atoms with van der Waals surface area (Å²) >= 11 is 0. The van der Waals surface area contributed by atoms with Crippen molar-refractivity contribution in [3.8, 4) is 0 Å². The summed E-state index contributed by atoms with van der Waals surface area (Å²) in [5.74, 6) is -0.804. The van der Waals surface area contributed by atoms with Crippen LogP contribution in [0, 0.1) is 0 Å². The van der Waals surface area contributed by atoms with E-state index >= 15 is 0 Å². The van der Waals surface area contributed by atoms with Crippen LogP contribution >= 0.6 is 0 Å². The molecule has 0 aliphatic carbocycles. The van der Waals surface area contributed by atoms with Gasteiger partial charge in [-0.3, -0.25) is 24.6 Å². The second kappa shape index (κ2) is 7.58. The van der Waals surface area contributed by atoms with Crippen LogP contribution in [0.3, 0.4) is 0 Å². The highest BCUT2D eigenvalue weighted by molar-refractivity contribution is 6.01. The Hall–Kier alpha value is -2.15. The molecule has 0 radical (unpaired) electrons. The van der Waals surface area contributed by atoms with Crippen molar-refractivity contribution >= 4 is 17.8 Å². The molecule has 4 amide bonds. The number of urea groups is 1. The van der Waals surface area contributed by atoms with Gasteiger partial charge < -0.3 is 0 Å². The Morgan fingerprint density at radius 1 is 1.52 bits per heavy atom. The first kappa shape index (κ1) is 16.9. The number of hydrogen-bond acceptors (Lipinski definition) is 4. The summed E-state index contributed by atoms with van der Waals surface area (Å²) in [6.07, 6.45) is 4.24. The van der Waals surface area contributed by atoms with Gasteiger partial charge in [0.1, 0.15) is 6.04 Å².